The Morgan fingerprint density at radius 3 is 2.67 bits per heavy atom. The molecule has 1 fully saturated rings. The molecule has 1 saturated heterocycles. The lowest BCUT2D eigenvalue weighted by Gasteiger charge is -2.34. The number of hydrogen-bond acceptors (Lipinski definition) is 5. The van der Waals surface area contributed by atoms with Crippen LogP contribution in [0.15, 0.2) is 36.9 Å². The average Bonchev–Trinajstić information content (AvgIpc) is 2.95. The minimum atomic E-state index is 0.176. The lowest BCUT2D eigenvalue weighted by Crippen LogP contribution is -2.48. The molecule has 2 aromatic rings. The highest BCUT2D eigenvalue weighted by Crippen LogP contribution is 2.12. The molecule has 0 amide bonds. The van der Waals surface area contributed by atoms with Gasteiger partial charge in [0.2, 0.25) is 0 Å². The molecule has 0 spiro atoms. The number of ketones is 1. The van der Waals surface area contributed by atoms with Crippen LogP contribution in [0.5, 0.6) is 0 Å². The number of aryl methyl sites for hydroxylation is 1. The van der Waals surface area contributed by atoms with Crippen LogP contribution in [-0.2, 0) is 7.05 Å². The van der Waals surface area contributed by atoms with Gasteiger partial charge < -0.3 is 9.47 Å². The SMILES string of the molecule is Cn1cccc1C(=O)CN1CCN(c2cnccn2)CC1. The van der Waals surface area contributed by atoms with Gasteiger partial charge in [0.05, 0.1) is 18.4 Å². The molecule has 110 valence electrons. The first-order valence-electron chi connectivity index (χ1n) is 7.12. The van der Waals surface area contributed by atoms with Crippen molar-refractivity contribution in [3.05, 3.63) is 42.6 Å². The van der Waals surface area contributed by atoms with Gasteiger partial charge in [-0.05, 0) is 12.1 Å². The lowest BCUT2D eigenvalue weighted by atomic mass is 10.2. The molecule has 0 N–H and O–H groups in total. The summed E-state index contributed by atoms with van der Waals surface area (Å²) in [5, 5.41) is 0. The van der Waals surface area contributed by atoms with E-state index in [1.54, 1.807) is 18.6 Å². The molecule has 0 aromatic carbocycles. The molecule has 0 unspecified atom stereocenters. The monoisotopic (exact) mass is 285 g/mol. The van der Waals surface area contributed by atoms with Crippen molar-refractivity contribution < 1.29 is 4.79 Å². The van der Waals surface area contributed by atoms with E-state index in [9.17, 15) is 4.79 Å². The van der Waals surface area contributed by atoms with Gasteiger partial charge in [-0.1, -0.05) is 0 Å². The Balaban J connectivity index is 1.55. The summed E-state index contributed by atoms with van der Waals surface area (Å²) in [6, 6.07) is 3.78. The average molecular weight is 285 g/mol. The Morgan fingerprint density at radius 1 is 1.24 bits per heavy atom. The predicted octanol–water partition coefficient (Wildman–Crippen LogP) is 0.820. The largest absolute Gasteiger partial charge is 0.353 e. The van der Waals surface area contributed by atoms with E-state index in [0.29, 0.717) is 6.54 Å². The van der Waals surface area contributed by atoms with E-state index in [1.807, 2.05) is 29.9 Å². The highest BCUT2D eigenvalue weighted by Gasteiger charge is 2.21. The first kappa shape index (κ1) is 13.8. The number of Topliss-reactive ketones (excluding diaryl/α,β-unsaturated/α-hetero) is 1. The third-order valence-corrected chi connectivity index (χ3v) is 3.84. The topological polar surface area (TPSA) is 54.3 Å². The predicted molar refractivity (Wildman–Crippen MR) is 80.4 cm³/mol. The molecule has 1 aliphatic rings. The number of hydrogen-bond donors (Lipinski definition) is 0. The fraction of sp³-hybridized carbons (Fsp3) is 0.400. The maximum Gasteiger partial charge on any atom is 0.193 e. The molecule has 0 atom stereocenters. The van der Waals surface area contributed by atoms with Gasteiger partial charge in [-0.2, -0.15) is 0 Å². The first-order valence-corrected chi connectivity index (χ1v) is 7.12. The minimum Gasteiger partial charge on any atom is -0.353 e. The zero-order chi connectivity index (χ0) is 14.7. The van der Waals surface area contributed by atoms with Gasteiger partial charge in [0.25, 0.3) is 0 Å². The molecular formula is C15H19N5O. The Labute approximate surface area is 124 Å². The van der Waals surface area contributed by atoms with Crippen molar-refractivity contribution in [1.82, 2.24) is 19.4 Å². The number of piperazine rings is 1. The number of aromatic nitrogens is 3. The normalized spacial score (nSPS) is 16.1. The van der Waals surface area contributed by atoms with Crippen molar-refractivity contribution >= 4 is 11.6 Å². The van der Waals surface area contributed by atoms with Gasteiger partial charge in [-0.15, -0.1) is 0 Å². The van der Waals surface area contributed by atoms with E-state index >= 15 is 0 Å². The van der Waals surface area contributed by atoms with Crippen LogP contribution in [-0.4, -0.2) is 57.9 Å². The first-order chi connectivity index (χ1) is 10.2. The summed E-state index contributed by atoms with van der Waals surface area (Å²) in [5.74, 6) is 1.08. The van der Waals surface area contributed by atoms with E-state index in [-0.39, 0.29) is 5.78 Å². The van der Waals surface area contributed by atoms with Gasteiger partial charge in [0.1, 0.15) is 5.82 Å². The van der Waals surface area contributed by atoms with E-state index in [0.717, 1.165) is 37.7 Å². The van der Waals surface area contributed by atoms with Gasteiger partial charge in [-0.3, -0.25) is 14.7 Å². The molecule has 3 rings (SSSR count). The molecular weight excluding hydrogens is 266 g/mol. The maximum atomic E-state index is 12.2. The molecule has 1 aliphatic heterocycles. The lowest BCUT2D eigenvalue weighted by molar-refractivity contribution is 0.0918. The highest BCUT2D eigenvalue weighted by atomic mass is 16.1. The number of nitrogens with zero attached hydrogens (tertiary/aromatic N) is 5. The molecule has 3 heterocycles. The van der Waals surface area contributed by atoms with Crippen LogP contribution < -0.4 is 4.90 Å². The third-order valence-electron chi connectivity index (χ3n) is 3.84. The van der Waals surface area contributed by atoms with E-state index in [2.05, 4.69) is 19.8 Å². The van der Waals surface area contributed by atoms with Crippen LogP contribution in [0.25, 0.3) is 0 Å². The van der Waals surface area contributed by atoms with Crippen molar-refractivity contribution in [2.24, 2.45) is 7.05 Å². The molecule has 0 bridgehead atoms. The van der Waals surface area contributed by atoms with Crippen LogP contribution in [0, 0.1) is 0 Å². The van der Waals surface area contributed by atoms with E-state index < -0.39 is 0 Å². The van der Waals surface area contributed by atoms with Gasteiger partial charge >= 0.3 is 0 Å². The third kappa shape index (κ3) is 3.11. The summed E-state index contributed by atoms with van der Waals surface area (Å²) in [4.78, 5) is 25.1. The Morgan fingerprint density at radius 2 is 2.05 bits per heavy atom. The molecule has 6 heteroatoms. The summed E-state index contributed by atoms with van der Waals surface area (Å²) >= 11 is 0. The van der Waals surface area contributed by atoms with E-state index in [1.165, 1.54) is 0 Å². The summed E-state index contributed by atoms with van der Waals surface area (Å²) in [5.41, 5.74) is 0.770. The molecule has 6 nitrogen and oxygen atoms in total. The fourth-order valence-corrected chi connectivity index (χ4v) is 2.62. The van der Waals surface area contributed by atoms with Crippen molar-refractivity contribution in [3.8, 4) is 0 Å². The maximum absolute atomic E-state index is 12.2. The molecule has 0 radical (unpaired) electrons. The van der Waals surface area contributed by atoms with Crippen molar-refractivity contribution in [2.45, 2.75) is 0 Å². The van der Waals surface area contributed by atoms with Crippen LogP contribution in [0.3, 0.4) is 0 Å². The molecule has 2 aromatic heterocycles. The van der Waals surface area contributed by atoms with Gasteiger partial charge in [-0.25, -0.2) is 4.98 Å². The van der Waals surface area contributed by atoms with Crippen LogP contribution in [0.2, 0.25) is 0 Å². The summed E-state index contributed by atoms with van der Waals surface area (Å²) in [6.07, 6.45) is 7.07. The van der Waals surface area contributed by atoms with Crippen molar-refractivity contribution in [3.63, 3.8) is 0 Å². The second-order valence-electron chi connectivity index (χ2n) is 5.25. The van der Waals surface area contributed by atoms with Crippen LogP contribution in [0.4, 0.5) is 5.82 Å². The molecule has 0 saturated carbocycles. The minimum absolute atomic E-state index is 0.176. The standard InChI is InChI=1S/C15H19N5O/c1-18-6-2-3-13(18)14(21)12-19-7-9-20(10-8-19)15-11-16-4-5-17-15/h2-6,11H,7-10,12H2,1H3. The molecule has 21 heavy (non-hydrogen) atoms. The van der Waals surface area contributed by atoms with Gasteiger partial charge in [0.15, 0.2) is 5.78 Å². The fourth-order valence-electron chi connectivity index (χ4n) is 2.62. The summed E-state index contributed by atoms with van der Waals surface area (Å²) in [7, 11) is 1.90. The van der Waals surface area contributed by atoms with Crippen molar-refractivity contribution in [2.75, 3.05) is 37.6 Å². The van der Waals surface area contributed by atoms with Crippen molar-refractivity contribution in [1.29, 1.82) is 0 Å². The number of anilines is 1. The van der Waals surface area contributed by atoms with Crippen LogP contribution >= 0.6 is 0 Å². The van der Waals surface area contributed by atoms with Gasteiger partial charge in [0, 0.05) is 51.8 Å². The molecule has 0 aliphatic carbocycles. The number of carbonyl (C=O) groups excluding carboxylic acids is 1. The number of carbonyl (C=O) groups is 1. The summed E-state index contributed by atoms with van der Waals surface area (Å²) in [6.45, 7) is 3.96. The van der Waals surface area contributed by atoms with E-state index in [4.69, 9.17) is 0 Å². The highest BCUT2D eigenvalue weighted by molar-refractivity contribution is 5.96. The second-order valence-corrected chi connectivity index (χ2v) is 5.25. The second kappa shape index (κ2) is 6.05. The smallest absolute Gasteiger partial charge is 0.193 e. The summed E-state index contributed by atoms with van der Waals surface area (Å²) < 4.78 is 1.87. The zero-order valence-corrected chi connectivity index (χ0v) is 12.1. The van der Waals surface area contributed by atoms with Crippen LogP contribution in [0.1, 0.15) is 10.5 Å². The quantitative estimate of drug-likeness (QED) is 0.779. The Kier molecular flexibility index (Phi) is 3.96. The zero-order valence-electron chi connectivity index (χ0n) is 12.1. The Hall–Kier alpha value is -2.21. The Bertz CT molecular complexity index is 602. The number of rotatable bonds is 4.